The van der Waals surface area contributed by atoms with Gasteiger partial charge in [0.05, 0.1) is 0 Å². The van der Waals surface area contributed by atoms with Crippen molar-refractivity contribution in [3.8, 4) is 0 Å². The molecule has 1 amide bonds. The zero-order chi connectivity index (χ0) is 11.1. The number of hydrogen-bond acceptors (Lipinski definition) is 3. The number of aliphatic imine (C=N–C) groups is 1. The lowest BCUT2D eigenvalue weighted by Crippen LogP contribution is -2.15. The quantitative estimate of drug-likeness (QED) is 0.684. The average Bonchev–Trinajstić information content (AvgIpc) is 2.86. The molecule has 1 saturated carbocycles. The SMILES string of the molecule is CC(C)(C)C1=N[N]C(=NC(=O)C2CC2)S1. The number of hydrogen-bond donors (Lipinski definition) is 0. The summed E-state index contributed by atoms with van der Waals surface area (Å²) < 4.78 is 0. The van der Waals surface area contributed by atoms with Gasteiger partial charge in [0.25, 0.3) is 5.91 Å². The second kappa shape index (κ2) is 3.63. The summed E-state index contributed by atoms with van der Waals surface area (Å²) in [5, 5.41) is 5.46. The lowest BCUT2D eigenvalue weighted by Gasteiger charge is -2.14. The molecule has 81 valence electrons. The standard InChI is InChI=1S/C10H14N3OS/c1-10(2,3)8-12-13-9(15-8)11-7(14)6-4-5-6/h6H,4-5H2,1-3H3. The zero-order valence-corrected chi connectivity index (χ0v) is 9.97. The summed E-state index contributed by atoms with van der Waals surface area (Å²) in [6.45, 7) is 6.21. The fraction of sp³-hybridized carbons (Fsp3) is 0.700. The number of carbonyl (C=O) groups excluding carboxylic acids is 1. The van der Waals surface area contributed by atoms with Crippen LogP contribution in [0.1, 0.15) is 33.6 Å². The summed E-state index contributed by atoms with van der Waals surface area (Å²) in [6.07, 6.45) is 1.96. The molecule has 0 atom stereocenters. The summed E-state index contributed by atoms with van der Waals surface area (Å²) in [6, 6.07) is 0. The Bertz CT molecular complexity index is 350. The predicted molar refractivity (Wildman–Crippen MR) is 61.8 cm³/mol. The highest BCUT2D eigenvalue weighted by molar-refractivity contribution is 8.27. The zero-order valence-electron chi connectivity index (χ0n) is 9.15. The molecule has 0 unspecified atom stereocenters. The molecule has 1 fully saturated rings. The van der Waals surface area contributed by atoms with Crippen molar-refractivity contribution in [3.05, 3.63) is 0 Å². The normalized spacial score (nSPS) is 23.9. The summed E-state index contributed by atoms with van der Waals surface area (Å²) >= 11 is 1.40. The van der Waals surface area contributed by atoms with Crippen LogP contribution in [0.2, 0.25) is 0 Å². The van der Waals surface area contributed by atoms with Gasteiger partial charge in [-0.25, -0.2) is 0 Å². The first-order valence-corrected chi connectivity index (χ1v) is 5.88. The largest absolute Gasteiger partial charge is 0.272 e. The molecular formula is C10H14N3OS. The van der Waals surface area contributed by atoms with Crippen molar-refractivity contribution in [2.45, 2.75) is 33.6 Å². The highest BCUT2D eigenvalue weighted by Crippen LogP contribution is 2.32. The minimum Gasteiger partial charge on any atom is -0.272 e. The summed E-state index contributed by atoms with van der Waals surface area (Å²) in [4.78, 5) is 15.4. The van der Waals surface area contributed by atoms with Crippen molar-refractivity contribution in [3.63, 3.8) is 0 Å². The van der Waals surface area contributed by atoms with Gasteiger partial charge >= 0.3 is 0 Å². The Hall–Kier alpha value is -0.840. The van der Waals surface area contributed by atoms with Gasteiger partial charge < -0.3 is 0 Å². The van der Waals surface area contributed by atoms with E-state index in [1.54, 1.807) is 0 Å². The van der Waals surface area contributed by atoms with Crippen molar-refractivity contribution in [1.29, 1.82) is 0 Å². The van der Waals surface area contributed by atoms with Crippen LogP contribution in [0.25, 0.3) is 0 Å². The van der Waals surface area contributed by atoms with Crippen LogP contribution in [0.15, 0.2) is 10.1 Å². The molecule has 1 aliphatic carbocycles. The smallest absolute Gasteiger partial charge is 0.251 e. The van der Waals surface area contributed by atoms with E-state index in [1.807, 2.05) is 0 Å². The Kier molecular flexibility index (Phi) is 2.58. The number of carbonyl (C=O) groups is 1. The molecular weight excluding hydrogens is 210 g/mol. The third kappa shape index (κ3) is 2.59. The van der Waals surface area contributed by atoms with Gasteiger partial charge in [0.2, 0.25) is 5.17 Å². The number of rotatable bonds is 1. The van der Waals surface area contributed by atoms with Crippen LogP contribution in [0.3, 0.4) is 0 Å². The average molecular weight is 224 g/mol. The van der Waals surface area contributed by atoms with E-state index in [0.29, 0.717) is 5.17 Å². The van der Waals surface area contributed by atoms with Gasteiger partial charge in [0.15, 0.2) is 0 Å². The highest BCUT2D eigenvalue weighted by atomic mass is 32.2. The van der Waals surface area contributed by atoms with E-state index in [9.17, 15) is 4.79 Å². The minimum absolute atomic E-state index is 0.0198. The lowest BCUT2D eigenvalue weighted by molar-refractivity contribution is -0.118. The van der Waals surface area contributed by atoms with Crippen molar-refractivity contribution >= 4 is 27.9 Å². The summed E-state index contributed by atoms with van der Waals surface area (Å²) in [7, 11) is 0. The fourth-order valence-electron chi connectivity index (χ4n) is 1.08. The van der Waals surface area contributed by atoms with Crippen LogP contribution in [0.4, 0.5) is 0 Å². The van der Waals surface area contributed by atoms with Crippen LogP contribution in [0.5, 0.6) is 0 Å². The predicted octanol–water partition coefficient (Wildman–Crippen LogP) is 1.99. The first kappa shape index (κ1) is 10.7. The molecule has 0 aromatic heterocycles. The van der Waals surface area contributed by atoms with Crippen molar-refractivity contribution in [1.82, 2.24) is 5.43 Å². The third-order valence-corrected chi connectivity index (χ3v) is 3.43. The Labute approximate surface area is 93.6 Å². The molecule has 0 spiro atoms. The van der Waals surface area contributed by atoms with Gasteiger partial charge in [0, 0.05) is 11.3 Å². The number of thioether (sulfide) groups is 1. The fourth-order valence-corrected chi connectivity index (χ4v) is 1.86. The molecule has 0 saturated heterocycles. The molecule has 4 nitrogen and oxygen atoms in total. The number of amidine groups is 1. The summed E-state index contributed by atoms with van der Waals surface area (Å²) in [5.74, 6) is 0.124. The molecule has 5 heteroatoms. The van der Waals surface area contributed by atoms with Gasteiger partial charge in [0.1, 0.15) is 5.04 Å². The number of nitrogens with zero attached hydrogens (tertiary/aromatic N) is 3. The minimum atomic E-state index is -0.0355. The van der Waals surface area contributed by atoms with Crippen LogP contribution in [-0.2, 0) is 4.79 Å². The van der Waals surface area contributed by atoms with E-state index >= 15 is 0 Å². The van der Waals surface area contributed by atoms with E-state index in [4.69, 9.17) is 0 Å². The van der Waals surface area contributed by atoms with Crippen molar-refractivity contribution < 1.29 is 4.79 Å². The topological polar surface area (TPSA) is 55.9 Å². The van der Waals surface area contributed by atoms with E-state index in [-0.39, 0.29) is 17.2 Å². The van der Waals surface area contributed by atoms with Gasteiger partial charge in [-0.05, 0) is 24.6 Å². The Morgan fingerprint density at radius 1 is 1.47 bits per heavy atom. The third-order valence-electron chi connectivity index (χ3n) is 2.19. The Morgan fingerprint density at radius 2 is 2.13 bits per heavy atom. The Balaban J connectivity index is 1.97. The first-order chi connectivity index (χ1) is 6.97. The van der Waals surface area contributed by atoms with Gasteiger partial charge in [-0.15, -0.1) is 10.5 Å². The maximum Gasteiger partial charge on any atom is 0.251 e. The molecule has 0 aromatic carbocycles. The van der Waals surface area contributed by atoms with Crippen LogP contribution < -0.4 is 5.43 Å². The monoisotopic (exact) mass is 224 g/mol. The van der Waals surface area contributed by atoms with Gasteiger partial charge in [-0.2, -0.15) is 4.99 Å². The molecule has 1 aliphatic heterocycles. The maximum absolute atomic E-state index is 11.4. The molecule has 0 N–H and O–H groups in total. The highest BCUT2D eigenvalue weighted by Gasteiger charge is 2.32. The van der Waals surface area contributed by atoms with E-state index in [0.717, 1.165) is 17.9 Å². The van der Waals surface area contributed by atoms with E-state index in [2.05, 4.69) is 36.3 Å². The van der Waals surface area contributed by atoms with Crippen LogP contribution in [-0.4, -0.2) is 16.1 Å². The molecule has 1 radical (unpaired) electrons. The molecule has 0 bridgehead atoms. The van der Waals surface area contributed by atoms with Crippen LogP contribution in [0, 0.1) is 11.3 Å². The van der Waals surface area contributed by atoms with Crippen LogP contribution >= 0.6 is 11.8 Å². The second-order valence-corrected chi connectivity index (χ2v) is 5.82. The van der Waals surface area contributed by atoms with E-state index in [1.165, 1.54) is 11.8 Å². The van der Waals surface area contributed by atoms with Crippen molar-refractivity contribution in [2.75, 3.05) is 0 Å². The summed E-state index contributed by atoms with van der Waals surface area (Å²) in [5.41, 5.74) is 3.89. The molecule has 2 aliphatic rings. The van der Waals surface area contributed by atoms with Crippen molar-refractivity contribution in [2.24, 2.45) is 21.4 Å². The van der Waals surface area contributed by atoms with E-state index < -0.39 is 0 Å². The van der Waals surface area contributed by atoms with Gasteiger partial charge in [-0.1, -0.05) is 20.8 Å². The number of amides is 1. The Morgan fingerprint density at radius 3 is 2.60 bits per heavy atom. The molecule has 1 heterocycles. The molecule has 2 rings (SSSR count). The van der Waals surface area contributed by atoms with Gasteiger partial charge in [-0.3, -0.25) is 4.79 Å². The first-order valence-electron chi connectivity index (χ1n) is 5.06. The lowest BCUT2D eigenvalue weighted by atomic mass is 9.99. The maximum atomic E-state index is 11.4. The second-order valence-electron chi connectivity index (χ2n) is 4.86. The molecule has 0 aromatic rings. The molecule has 15 heavy (non-hydrogen) atoms.